The molecule has 3 heteroatoms. The highest BCUT2D eigenvalue weighted by atomic mass is 16.3. The molecule has 3 N–H and O–H groups in total. The molecule has 0 aromatic heterocycles. The summed E-state index contributed by atoms with van der Waals surface area (Å²) < 4.78 is 0. The summed E-state index contributed by atoms with van der Waals surface area (Å²) in [5.74, 6) is 1.47. The van der Waals surface area contributed by atoms with Gasteiger partial charge in [-0.05, 0) is 5.92 Å². The number of hydrogen-bond donors (Lipinski definition) is 2. The maximum Gasteiger partial charge on any atom is 0.0940 e. The Morgan fingerprint density at radius 2 is 2.00 bits per heavy atom. The molecule has 0 aromatic carbocycles. The summed E-state index contributed by atoms with van der Waals surface area (Å²) >= 11 is 0. The van der Waals surface area contributed by atoms with E-state index in [1.807, 2.05) is 0 Å². The average Bonchev–Trinajstić information content (AvgIpc) is 2.16. The van der Waals surface area contributed by atoms with Crippen LogP contribution in [0.5, 0.6) is 0 Å². The third kappa shape index (κ3) is 4.27. The van der Waals surface area contributed by atoms with Crippen molar-refractivity contribution < 1.29 is 5.11 Å². The quantitative estimate of drug-likeness (QED) is 0.511. The number of rotatable bonds is 4. The molecular formula is C10H20N2O. The fraction of sp³-hybridized carbons (Fsp3) is 0.900. The van der Waals surface area contributed by atoms with Crippen LogP contribution in [-0.2, 0) is 0 Å². The molecule has 1 fully saturated rings. The molecule has 0 unspecified atom stereocenters. The summed E-state index contributed by atoms with van der Waals surface area (Å²) in [5, 5.41) is 8.56. The van der Waals surface area contributed by atoms with E-state index in [2.05, 4.69) is 4.99 Å². The molecule has 3 nitrogen and oxygen atoms in total. The summed E-state index contributed by atoms with van der Waals surface area (Å²) in [7, 11) is 0. The van der Waals surface area contributed by atoms with E-state index in [1.54, 1.807) is 0 Å². The lowest BCUT2D eigenvalue weighted by Crippen LogP contribution is -2.19. The molecule has 1 aliphatic rings. The van der Waals surface area contributed by atoms with E-state index in [0.29, 0.717) is 6.54 Å². The molecule has 1 saturated carbocycles. The van der Waals surface area contributed by atoms with Gasteiger partial charge in [-0.2, -0.15) is 0 Å². The van der Waals surface area contributed by atoms with E-state index in [4.69, 9.17) is 10.8 Å². The van der Waals surface area contributed by atoms with Gasteiger partial charge in [0.2, 0.25) is 0 Å². The fourth-order valence-electron chi connectivity index (χ4n) is 1.95. The van der Waals surface area contributed by atoms with Crippen LogP contribution >= 0.6 is 0 Å². The molecule has 0 heterocycles. The molecule has 0 atom stereocenters. The van der Waals surface area contributed by atoms with E-state index in [-0.39, 0.29) is 6.61 Å². The number of amidine groups is 1. The average molecular weight is 184 g/mol. The highest BCUT2D eigenvalue weighted by molar-refractivity contribution is 5.80. The molecule has 0 saturated heterocycles. The van der Waals surface area contributed by atoms with Crippen LogP contribution in [0.1, 0.15) is 38.5 Å². The van der Waals surface area contributed by atoms with Crippen LogP contribution < -0.4 is 5.73 Å². The first-order valence-corrected chi connectivity index (χ1v) is 5.22. The normalized spacial score (nSPS) is 20.5. The van der Waals surface area contributed by atoms with Gasteiger partial charge in [0, 0.05) is 6.42 Å². The van der Waals surface area contributed by atoms with Crippen molar-refractivity contribution in [1.82, 2.24) is 0 Å². The van der Waals surface area contributed by atoms with E-state index in [0.717, 1.165) is 18.2 Å². The van der Waals surface area contributed by atoms with Crippen LogP contribution in [0, 0.1) is 5.92 Å². The monoisotopic (exact) mass is 184 g/mol. The zero-order valence-electron chi connectivity index (χ0n) is 8.21. The minimum Gasteiger partial charge on any atom is -0.394 e. The summed E-state index contributed by atoms with van der Waals surface area (Å²) in [4.78, 5) is 4.08. The molecule has 76 valence electrons. The predicted molar refractivity (Wildman–Crippen MR) is 54.8 cm³/mol. The minimum atomic E-state index is 0.103. The number of hydrogen-bond acceptors (Lipinski definition) is 2. The molecule has 1 rings (SSSR count). The molecule has 0 amide bonds. The van der Waals surface area contributed by atoms with Crippen molar-refractivity contribution in [3.63, 3.8) is 0 Å². The van der Waals surface area contributed by atoms with Crippen molar-refractivity contribution in [2.45, 2.75) is 38.5 Å². The minimum absolute atomic E-state index is 0.103. The second-order valence-electron chi connectivity index (χ2n) is 3.80. The van der Waals surface area contributed by atoms with Gasteiger partial charge in [0.15, 0.2) is 0 Å². The standard InChI is InChI=1S/C10H20N2O/c11-10(12-6-7-13)8-9-4-2-1-3-5-9/h9,13H,1-8H2,(H2,11,12). The van der Waals surface area contributed by atoms with Crippen LogP contribution in [0.2, 0.25) is 0 Å². The van der Waals surface area contributed by atoms with Gasteiger partial charge in [-0.1, -0.05) is 32.1 Å². The first-order chi connectivity index (χ1) is 6.33. The Kier molecular flexibility index (Phi) is 4.83. The third-order valence-corrected chi connectivity index (χ3v) is 2.64. The Bertz CT molecular complexity index is 162. The van der Waals surface area contributed by atoms with E-state index in [1.165, 1.54) is 32.1 Å². The summed E-state index contributed by atoms with van der Waals surface area (Å²) in [6.45, 7) is 0.559. The van der Waals surface area contributed by atoms with Gasteiger partial charge >= 0.3 is 0 Å². The van der Waals surface area contributed by atoms with Gasteiger partial charge in [0.05, 0.1) is 19.0 Å². The van der Waals surface area contributed by atoms with E-state index >= 15 is 0 Å². The Hall–Kier alpha value is -0.570. The van der Waals surface area contributed by atoms with Gasteiger partial charge < -0.3 is 10.8 Å². The van der Waals surface area contributed by atoms with E-state index in [9.17, 15) is 0 Å². The Balaban J connectivity index is 2.21. The Morgan fingerprint density at radius 3 is 2.62 bits per heavy atom. The van der Waals surface area contributed by atoms with Crippen molar-refractivity contribution >= 4 is 5.84 Å². The maximum absolute atomic E-state index is 8.56. The van der Waals surface area contributed by atoms with Crippen LogP contribution in [0.25, 0.3) is 0 Å². The first kappa shape index (κ1) is 10.5. The Morgan fingerprint density at radius 1 is 1.31 bits per heavy atom. The highest BCUT2D eigenvalue weighted by Gasteiger charge is 2.14. The number of aliphatic imine (C=N–C) groups is 1. The van der Waals surface area contributed by atoms with Gasteiger partial charge in [-0.15, -0.1) is 0 Å². The SMILES string of the molecule is N/C(CC1CCCCC1)=N\CCO. The molecular weight excluding hydrogens is 164 g/mol. The van der Waals surface area contributed by atoms with Crippen molar-refractivity contribution in [2.24, 2.45) is 16.6 Å². The van der Waals surface area contributed by atoms with Gasteiger partial charge in [0.25, 0.3) is 0 Å². The van der Waals surface area contributed by atoms with E-state index < -0.39 is 0 Å². The van der Waals surface area contributed by atoms with Crippen molar-refractivity contribution in [3.8, 4) is 0 Å². The second-order valence-corrected chi connectivity index (χ2v) is 3.80. The molecule has 0 aliphatic heterocycles. The highest BCUT2D eigenvalue weighted by Crippen LogP contribution is 2.25. The van der Waals surface area contributed by atoms with Crippen LogP contribution in [0.3, 0.4) is 0 Å². The first-order valence-electron chi connectivity index (χ1n) is 5.22. The van der Waals surface area contributed by atoms with Gasteiger partial charge in [0.1, 0.15) is 0 Å². The topological polar surface area (TPSA) is 58.6 Å². The lowest BCUT2D eigenvalue weighted by Gasteiger charge is -2.20. The largest absolute Gasteiger partial charge is 0.394 e. The molecule has 0 bridgehead atoms. The third-order valence-electron chi connectivity index (χ3n) is 2.64. The van der Waals surface area contributed by atoms with Gasteiger partial charge in [-0.25, -0.2) is 0 Å². The second kappa shape index (κ2) is 5.97. The molecule has 0 spiro atoms. The lowest BCUT2D eigenvalue weighted by molar-refractivity contribution is 0.306. The zero-order chi connectivity index (χ0) is 9.52. The van der Waals surface area contributed by atoms with Crippen LogP contribution in [0.4, 0.5) is 0 Å². The summed E-state index contributed by atoms with van der Waals surface area (Å²) in [5.41, 5.74) is 5.73. The van der Waals surface area contributed by atoms with Gasteiger partial charge in [-0.3, -0.25) is 4.99 Å². The molecule has 0 aromatic rings. The van der Waals surface area contributed by atoms with Crippen LogP contribution in [-0.4, -0.2) is 24.1 Å². The zero-order valence-corrected chi connectivity index (χ0v) is 8.21. The predicted octanol–water partition coefficient (Wildman–Crippen LogP) is 1.31. The Labute approximate surface area is 80.0 Å². The molecule has 13 heavy (non-hydrogen) atoms. The smallest absolute Gasteiger partial charge is 0.0940 e. The molecule has 0 radical (unpaired) electrons. The summed E-state index contributed by atoms with van der Waals surface area (Å²) in [6, 6.07) is 0. The number of aliphatic hydroxyl groups is 1. The van der Waals surface area contributed by atoms with Crippen molar-refractivity contribution in [2.75, 3.05) is 13.2 Å². The van der Waals surface area contributed by atoms with Crippen LogP contribution in [0.15, 0.2) is 4.99 Å². The fourth-order valence-corrected chi connectivity index (χ4v) is 1.95. The lowest BCUT2D eigenvalue weighted by atomic mass is 9.87. The molecule has 1 aliphatic carbocycles. The summed E-state index contributed by atoms with van der Waals surface area (Å²) in [6.07, 6.45) is 7.60. The number of aliphatic hydroxyl groups excluding tert-OH is 1. The number of nitrogens with two attached hydrogens (primary N) is 1. The number of nitrogens with zero attached hydrogens (tertiary/aromatic N) is 1. The van der Waals surface area contributed by atoms with Crippen molar-refractivity contribution in [1.29, 1.82) is 0 Å². The van der Waals surface area contributed by atoms with Crippen molar-refractivity contribution in [3.05, 3.63) is 0 Å². The maximum atomic E-state index is 8.56.